The quantitative estimate of drug-likeness (QED) is 0.388. The monoisotopic (exact) mass is 430 g/mol. The van der Waals surface area contributed by atoms with Gasteiger partial charge >= 0.3 is 0 Å². The summed E-state index contributed by atoms with van der Waals surface area (Å²) in [6, 6.07) is 21.3. The topological polar surface area (TPSA) is 83.8 Å². The molecule has 0 aliphatic carbocycles. The fourth-order valence-electron chi connectivity index (χ4n) is 3.66. The van der Waals surface area contributed by atoms with Crippen LogP contribution in [0.1, 0.15) is 24.3 Å². The van der Waals surface area contributed by atoms with Gasteiger partial charge < -0.3 is 14.8 Å². The van der Waals surface area contributed by atoms with Crippen molar-refractivity contribution < 1.29 is 9.32 Å². The minimum absolute atomic E-state index is 0.113. The van der Waals surface area contributed by atoms with Crippen molar-refractivity contribution in [3.8, 4) is 11.4 Å². The van der Waals surface area contributed by atoms with Gasteiger partial charge in [0.25, 0.3) is 0 Å². The number of rotatable bonds is 5. The van der Waals surface area contributed by atoms with Crippen LogP contribution in [0.25, 0.3) is 33.2 Å². The van der Waals surface area contributed by atoms with Crippen LogP contribution in [0.2, 0.25) is 5.02 Å². The second kappa shape index (κ2) is 7.89. The average molecular weight is 431 g/mol. The van der Waals surface area contributed by atoms with Crippen LogP contribution in [0, 0.1) is 0 Å². The van der Waals surface area contributed by atoms with Gasteiger partial charge in [-0.3, -0.25) is 4.79 Å². The van der Waals surface area contributed by atoms with E-state index >= 15 is 0 Å². The number of halogens is 1. The van der Waals surface area contributed by atoms with E-state index in [4.69, 9.17) is 16.1 Å². The molecule has 0 bridgehead atoms. The Morgan fingerprint density at radius 2 is 1.90 bits per heavy atom. The van der Waals surface area contributed by atoms with Gasteiger partial charge in [-0.1, -0.05) is 59.2 Å². The highest BCUT2D eigenvalue weighted by Gasteiger charge is 2.18. The molecule has 7 heteroatoms. The predicted octanol–water partition coefficient (Wildman–Crippen LogP) is 5.44. The molecule has 3 aromatic carbocycles. The summed E-state index contributed by atoms with van der Waals surface area (Å²) < 4.78 is 5.26. The minimum Gasteiger partial charge on any atom is -0.355 e. The number of nitrogens with zero attached hydrogens (tertiary/aromatic N) is 2. The fraction of sp³-hybridized carbons (Fsp3) is 0.125. The van der Waals surface area contributed by atoms with Gasteiger partial charge in [0.1, 0.15) is 0 Å². The zero-order valence-electron chi connectivity index (χ0n) is 16.7. The number of hydrogen-bond donors (Lipinski definition) is 2. The van der Waals surface area contributed by atoms with Crippen molar-refractivity contribution in [1.82, 2.24) is 20.4 Å². The largest absolute Gasteiger partial charge is 0.355 e. The van der Waals surface area contributed by atoms with E-state index in [1.165, 1.54) is 0 Å². The van der Waals surface area contributed by atoms with E-state index in [9.17, 15) is 4.79 Å². The minimum atomic E-state index is -0.337. The van der Waals surface area contributed by atoms with Gasteiger partial charge in [-0.15, -0.1) is 0 Å². The van der Waals surface area contributed by atoms with Gasteiger partial charge in [-0.25, -0.2) is 0 Å². The van der Waals surface area contributed by atoms with Gasteiger partial charge in [0, 0.05) is 32.4 Å². The van der Waals surface area contributed by atoms with Gasteiger partial charge in [0.2, 0.25) is 17.6 Å². The molecule has 5 rings (SSSR count). The molecule has 154 valence electrons. The molecule has 0 saturated carbocycles. The lowest BCUT2D eigenvalue weighted by Crippen LogP contribution is -2.27. The van der Waals surface area contributed by atoms with E-state index in [-0.39, 0.29) is 18.4 Å². The van der Waals surface area contributed by atoms with Crippen LogP contribution in [0.4, 0.5) is 0 Å². The van der Waals surface area contributed by atoms with Crippen molar-refractivity contribution in [2.75, 3.05) is 0 Å². The average Bonchev–Trinajstić information content (AvgIpc) is 3.41. The summed E-state index contributed by atoms with van der Waals surface area (Å²) in [7, 11) is 0. The summed E-state index contributed by atoms with van der Waals surface area (Å²) in [4.78, 5) is 20.5. The maximum absolute atomic E-state index is 12.7. The Hall–Kier alpha value is -3.64. The highest BCUT2D eigenvalue weighted by atomic mass is 35.5. The van der Waals surface area contributed by atoms with Gasteiger partial charge in [-0.2, -0.15) is 4.98 Å². The molecular weight excluding hydrogens is 412 g/mol. The highest BCUT2D eigenvalue weighted by molar-refractivity contribution is 6.31. The third-order valence-corrected chi connectivity index (χ3v) is 5.63. The maximum Gasteiger partial charge on any atom is 0.246 e. The first kappa shape index (κ1) is 19.3. The van der Waals surface area contributed by atoms with Crippen molar-refractivity contribution in [2.45, 2.75) is 19.4 Å². The molecule has 6 nitrogen and oxygen atoms in total. The molecule has 0 aliphatic rings. The van der Waals surface area contributed by atoms with E-state index in [1.807, 2.05) is 73.7 Å². The summed E-state index contributed by atoms with van der Waals surface area (Å²) in [5.41, 5.74) is 3.77. The Morgan fingerprint density at radius 1 is 1.06 bits per heavy atom. The van der Waals surface area contributed by atoms with E-state index in [0.717, 1.165) is 32.9 Å². The summed E-state index contributed by atoms with van der Waals surface area (Å²) in [6.45, 7) is 2.05. The third-order valence-electron chi connectivity index (χ3n) is 5.39. The van der Waals surface area contributed by atoms with E-state index in [2.05, 4.69) is 20.4 Å². The maximum atomic E-state index is 12.7. The second-order valence-corrected chi connectivity index (χ2v) is 7.87. The normalized spacial score (nSPS) is 12.3. The second-order valence-electron chi connectivity index (χ2n) is 7.44. The molecule has 1 amide bonds. The molecule has 5 aromatic rings. The van der Waals surface area contributed by atoms with E-state index in [0.29, 0.717) is 16.7 Å². The first-order valence-corrected chi connectivity index (χ1v) is 10.3. The number of fused-ring (bicyclic) bond motifs is 3. The van der Waals surface area contributed by atoms with Crippen LogP contribution >= 0.6 is 11.6 Å². The van der Waals surface area contributed by atoms with E-state index in [1.54, 1.807) is 0 Å². The molecule has 0 fully saturated rings. The van der Waals surface area contributed by atoms with Crippen molar-refractivity contribution >= 4 is 39.3 Å². The molecule has 0 saturated heterocycles. The molecule has 2 aromatic heterocycles. The molecule has 31 heavy (non-hydrogen) atoms. The lowest BCUT2D eigenvalue weighted by atomic mass is 9.98. The molecule has 0 aliphatic heterocycles. The number of aromatic nitrogens is 3. The first-order chi connectivity index (χ1) is 15.1. The molecular formula is C24H19ClN4O2. The zero-order valence-corrected chi connectivity index (χ0v) is 17.5. The van der Waals surface area contributed by atoms with Crippen molar-refractivity contribution in [1.29, 1.82) is 0 Å². The molecule has 0 unspecified atom stereocenters. The summed E-state index contributed by atoms with van der Waals surface area (Å²) >= 11 is 6.14. The van der Waals surface area contributed by atoms with Crippen LogP contribution in [-0.4, -0.2) is 21.0 Å². The number of H-pyrrole nitrogens is 1. The molecule has 2 heterocycles. The van der Waals surface area contributed by atoms with Crippen molar-refractivity contribution in [3.05, 3.63) is 83.2 Å². The molecule has 1 atom stereocenters. The zero-order chi connectivity index (χ0) is 21.4. The predicted molar refractivity (Wildman–Crippen MR) is 121 cm³/mol. The summed E-state index contributed by atoms with van der Waals surface area (Å²) in [5.74, 6) is 0.415. The standard InChI is InChI=1S/C24H19ClN4O2/c1-14(16-7-9-18-19-12-17(25)8-10-20(19)27-21(18)11-16)24(30)26-13-22-28-23(29-31-22)15-5-3-2-4-6-15/h2-12,14,27H,13H2,1H3,(H,26,30)/t14-/m1/s1. The van der Waals surface area contributed by atoms with Crippen LogP contribution in [0.5, 0.6) is 0 Å². The van der Waals surface area contributed by atoms with Gasteiger partial charge in [-0.05, 0) is 36.8 Å². The van der Waals surface area contributed by atoms with Crippen LogP contribution in [0.15, 0.2) is 71.3 Å². The van der Waals surface area contributed by atoms with Crippen LogP contribution < -0.4 is 5.32 Å². The summed E-state index contributed by atoms with van der Waals surface area (Å²) in [5, 5.41) is 9.70. The fourth-order valence-corrected chi connectivity index (χ4v) is 3.83. The molecule has 0 radical (unpaired) electrons. The lowest BCUT2D eigenvalue weighted by molar-refractivity contribution is -0.122. The Bertz CT molecular complexity index is 1390. The van der Waals surface area contributed by atoms with Crippen LogP contribution in [-0.2, 0) is 11.3 Å². The third kappa shape index (κ3) is 3.78. The number of aromatic amines is 1. The Labute approximate surface area is 183 Å². The van der Waals surface area contributed by atoms with Crippen LogP contribution in [0.3, 0.4) is 0 Å². The Balaban J connectivity index is 1.30. The number of benzene rings is 3. The Morgan fingerprint density at radius 3 is 2.74 bits per heavy atom. The van der Waals surface area contributed by atoms with E-state index < -0.39 is 0 Å². The number of nitrogens with one attached hydrogen (secondary N) is 2. The Kier molecular flexibility index (Phi) is 4.92. The SMILES string of the molecule is C[C@@H](C(=O)NCc1nc(-c2ccccc2)no1)c1ccc2c(c1)[nH]c1ccc(Cl)cc12. The smallest absolute Gasteiger partial charge is 0.246 e. The highest BCUT2D eigenvalue weighted by Crippen LogP contribution is 2.30. The van der Waals surface area contributed by atoms with Crippen molar-refractivity contribution in [2.24, 2.45) is 0 Å². The van der Waals surface area contributed by atoms with Crippen molar-refractivity contribution in [3.63, 3.8) is 0 Å². The van der Waals surface area contributed by atoms with Gasteiger partial charge in [0.05, 0.1) is 12.5 Å². The molecule has 2 N–H and O–H groups in total. The summed E-state index contributed by atoms with van der Waals surface area (Å²) in [6.07, 6.45) is 0. The first-order valence-electron chi connectivity index (χ1n) is 9.95. The number of carbonyl (C=O) groups excluding carboxylic acids is 1. The number of hydrogen-bond acceptors (Lipinski definition) is 4. The van der Waals surface area contributed by atoms with Gasteiger partial charge in [0.15, 0.2) is 0 Å². The number of carbonyl (C=O) groups is 1. The lowest BCUT2D eigenvalue weighted by Gasteiger charge is -2.11. The molecule has 0 spiro atoms. The number of amides is 1.